The summed E-state index contributed by atoms with van der Waals surface area (Å²) >= 11 is 0. The highest BCUT2D eigenvalue weighted by atomic mass is 16.4. The zero-order valence-electron chi connectivity index (χ0n) is 11.9. The molecule has 1 heterocycles. The van der Waals surface area contributed by atoms with Crippen molar-refractivity contribution >= 4 is 12.0 Å². The van der Waals surface area contributed by atoms with E-state index in [9.17, 15) is 14.7 Å². The molecule has 5 nitrogen and oxygen atoms in total. The van der Waals surface area contributed by atoms with Gasteiger partial charge in [-0.1, -0.05) is 12.8 Å². The molecule has 0 spiro atoms. The molecule has 2 amide bonds. The van der Waals surface area contributed by atoms with E-state index in [1.165, 1.54) is 25.7 Å². The van der Waals surface area contributed by atoms with E-state index in [1.807, 2.05) is 4.90 Å². The summed E-state index contributed by atoms with van der Waals surface area (Å²) in [5, 5.41) is 12.1. The SMILES string of the molecule is O=C(NC1(C(=O)O)CCC1)N1CCCC2CCCCC21. The van der Waals surface area contributed by atoms with Crippen molar-refractivity contribution in [2.24, 2.45) is 5.92 Å². The number of carbonyl (C=O) groups excluding carboxylic acids is 1. The summed E-state index contributed by atoms with van der Waals surface area (Å²) in [6.45, 7) is 0.780. The second-order valence-electron chi connectivity index (χ2n) is 6.62. The molecule has 20 heavy (non-hydrogen) atoms. The van der Waals surface area contributed by atoms with Gasteiger partial charge in [0.05, 0.1) is 0 Å². The van der Waals surface area contributed by atoms with Crippen molar-refractivity contribution in [3.63, 3.8) is 0 Å². The van der Waals surface area contributed by atoms with Gasteiger partial charge in [-0.15, -0.1) is 0 Å². The van der Waals surface area contributed by atoms with Gasteiger partial charge in [0, 0.05) is 12.6 Å². The van der Waals surface area contributed by atoms with Crippen LogP contribution in [0.15, 0.2) is 0 Å². The second-order valence-corrected chi connectivity index (χ2v) is 6.62. The van der Waals surface area contributed by atoms with Gasteiger partial charge in [0.2, 0.25) is 0 Å². The Morgan fingerprint density at radius 1 is 1.05 bits per heavy atom. The van der Waals surface area contributed by atoms with E-state index in [0.717, 1.165) is 25.8 Å². The molecule has 3 aliphatic rings. The van der Waals surface area contributed by atoms with Crippen molar-refractivity contribution in [3.05, 3.63) is 0 Å². The smallest absolute Gasteiger partial charge is 0.329 e. The summed E-state index contributed by atoms with van der Waals surface area (Å²) < 4.78 is 0. The summed E-state index contributed by atoms with van der Waals surface area (Å²) in [6.07, 6.45) is 9.05. The fourth-order valence-electron chi connectivity index (χ4n) is 4.08. The molecular weight excluding hydrogens is 256 g/mol. The Morgan fingerprint density at radius 3 is 2.40 bits per heavy atom. The number of hydrogen-bond acceptors (Lipinski definition) is 2. The third kappa shape index (κ3) is 2.27. The maximum Gasteiger partial charge on any atom is 0.329 e. The highest BCUT2D eigenvalue weighted by Gasteiger charge is 2.47. The molecule has 3 fully saturated rings. The van der Waals surface area contributed by atoms with Gasteiger partial charge in [-0.05, 0) is 50.9 Å². The van der Waals surface area contributed by atoms with Crippen LogP contribution in [0.2, 0.25) is 0 Å². The van der Waals surface area contributed by atoms with Crippen molar-refractivity contribution < 1.29 is 14.7 Å². The van der Waals surface area contributed by atoms with E-state index < -0.39 is 11.5 Å². The number of nitrogens with one attached hydrogen (secondary N) is 1. The van der Waals surface area contributed by atoms with Crippen molar-refractivity contribution in [1.82, 2.24) is 10.2 Å². The number of carboxylic acids is 1. The number of carbonyl (C=O) groups is 2. The molecule has 0 aromatic heterocycles. The minimum absolute atomic E-state index is 0.149. The lowest BCUT2D eigenvalue weighted by atomic mass is 9.76. The standard InChI is InChI=1S/C15H24N2O3/c18-13(19)15(8-4-9-15)16-14(20)17-10-3-6-11-5-1-2-7-12(11)17/h11-12H,1-10H2,(H,16,20)(H,18,19). The van der Waals surface area contributed by atoms with Gasteiger partial charge in [-0.3, -0.25) is 0 Å². The average Bonchev–Trinajstić information content (AvgIpc) is 2.41. The van der Waals surface area contributed by atoms with Crippen LogP contribution in [0.5, 0.6) is 0 Å². The van der Waals surface area contributed by atoms with Crippen LogP contribution in [-0.4, -0.2) is 40.1 Å². The van der Waals surface area contributed by atoms with Gasteiger partial charge < -0.3 is 15.3 Å². The molecule has 2 N–H and O–H groups in total. The summed E-state index contributed by atoms with van der Waals surface area (Å²) in [7, 11) is 0. The molecule has 3 rings (SSSR count). The number of hydrogen-bond donors (Lipinski definition) is 2. The number of rotatable bonds is 2. The number of likely N-dealkylation sites (tertiary alicyclic amines) is 1. The molecular formula is C15H24N2O3. The molecule has 1 saturated heterocycles. The number of urea groups is 1. The first-order valence-corrected chi connectivity index (χ1v) is 7.95. The number of fused-ring (bicyclic) bond motifs is 1. The Hall–Kier alpha value is -1.26. The van der Waals surface area contributed by atoms with Crippen molar-refractivity contribution in [1.29, 1.82) is 0 Å². The van der Waals surface area contributed by atoms with E-state index in [0.29, 0.717) is 24.8 Å². The van der Waals surface area contributed by atoms with Crippen LogP contribution >= 0.6 is 0 Å². The van der Waals surface area contributed by atoms with E-state index in [1.54, 1.807) is 0 Å². The van der Waals surface area contributed by atoms with Crippen LogP contribution in [0.25, 0.3) is 0 Å². The molecule has 5 heteroatoms. The lowest BCUT2D eigenvalue weighted by Crippen LogP contribution is -2.64. The first-order valence-electron chi connectivity index (χ1n) is 7.95. The number of carboxylic acid groups (broad SMARTS) is 1. The van der Waals surface area contributed by atoms with Gasteiger partial charge in [0.15, 0.2) is 0 Å². The highest BCUT2D eigenvalue weighted by Crippen LogP contribution is 2.36. The van der Waals surface area contributed by atoms with Crippen LogP contribution in [0.4, 0.5) is 4.79 Å². The first-order chi connectivity index (χ1) is 9.62. The molecule has 2 unspecified atom stereocenters. The average molecular weight is 280 g/mol. The lowest BCUT2D eigenvalue weighted by Gasteiger charge is -2.46. The number of aliphatic carboxylic acids is 1. The minimum Gasteiger partial charge on any atom is -0.480 e. The van der Waals surface area contributed by atoms with E-state index in [2.05, 4.69) is 5.32 Å². The van der Waals surface area contributed by atoms with Gasteiger partial charge in [-0.2, -0.15) is 0 Å². The van der Waals surface area contributed by atoms with Gasteiger partial charge in [-0.25, -0.2) is 9.59 Å². The topological polar surface area (TPSA) is 69.6 Å². The molecule has 2 atom stereocenters. The second kappa shape index (κ2) is 5.26. The third-order valence-electron chi connectivity index (χ3n) is 5.47. The normalized spacial score (nSPS) is 31.9. The fraction of sp³-hybridized carbons (Fsp3) is 0.867. The van der Waals surface area contributed by atoms with Crippen molar-refractivity contribution in [2.75, 3.05) is 6.54 Å². The molecule has 0 aromatic carbocycles. The van der Waals surface area contributed by atoms with Crippen LogP contribution in [-0.2, 0) is 4.79 Å². The maximum absolute atomic E-state index is 12.5. The summed E-state index contributed by atoms with van der Waals surface area (Å²) in [6, 6.07) is 0.187. The molecule has 1 aliphatic heterocycles. The molecule has 2 saturated carbocycles. The molecule has 0 radical (unpaired) electrons. The fourth-order valence-corrected chi connectivity index (χ4v) is 4.08. The first kappa shape index (κ1) is 13.7. The monoisotopic (exact) mass is 280 g/mol. The molecule has 112 valence electrons. The van der Waals surface area contributed by atoms with Crippen LogP contribution < -0.4 is 5.32 Å². The van der Waals surface area contributed by atoms with Crippen LogP contribution in [0.1, 0.15) is 57.8 Å². The summed E-state index contributed by atoms with van der Waals surface area (Å²) in [5.74, 6) is -0.250. The Bertz CT molecular complexity index is 404. The van der Waals surface area contributed by atoms with E-state index in [4.69, 9.17) is 0 Å². The Morgan fingerprint density at radius 2 is 1.75 bits per heavy atom. The lowest BCUT2D eigenvalue weighted by molar-refractivity contribution is -0.148. The third-order valence-corrected chi connectivity index (χ3v) is 5.47. The summed E-state index contributed by atoms with van der Waals surface area (Å²) in [4.78, 5) is 25.8. The Kier molecular flexibility index (Phi) is 3.61. The van der Waals surface area contributed by atoms with Crippen LogP contribution in [0, 0.1) is 5.92 Å². The van der Waals surface area contributed by atoms with Crippen molar-refractivity contribution in [2.45, 2.75) is 69.4 Å². The number of amides is 2. The Balaban J connectivity index is 1.68. The number of nitrogens with zero attached hydrogens (tertiary/aromatic N) is 1. The minimum atomic E-state index is -0.987. The molecule has 0 bridgehead atoms. The largest absolute Gasteiger partial charge is 0.480 e. The molecule has 2 aliphatic carbocycles. The van der Waals surface area contributed by atoms with Gasteiger partial charge >= 0.3 is 12.0 Å². The quantitative estimate of drug-likeness (QED) is 0.815. The van der Waals surface area contributed by atoms with E-state index in [-0.39, 0.29) is 6.03 Å². The predicted molar refractivity (Wildman–Crippen MR) is 74.4 cm³/mol. The molecule has 0 aromatic rings. The summed E-state index contributed by atoms with van der Waals surface area (Å²) in [5.41, 5.74) is -0.987. The predicted octanol–water partition coefficient (Wildman–Crippen LogP) is 2.36. The maximum atomic E-state index is 12.5. The zero-order valence-corrected chi connectivity index (χ0v) is 11.9. The zero-order chi connectivity index (χ0) is 14.2. The highest BCUT2D eigenvalue weighted by molar-refractivity contribution is 5.87. The Labute approximate surface area is 119 Å². The van der Waals surface area contributed by atoms with E-state index >= 15 is 0 Å². The van der Waals surface area contributed by atoms with Gasteiger partial charge in [0.1, 0.15) is 5.54 Å². The van der Waals surface area contributed by atoms with Crippen LogP contribution in [0.3, 0.4) is 0 Å². The number of piperidine rings is 1. The van der Waals surface area contributed by atoms with Gasteiger partial charge in [0.25, 0.3) is 0 Å². The van der Waals surface area contributed by atoms with Crippen molar-refractivity contribution in [3.8, 4) is 0 Å².